The van der Waals surface area contributed by atoms with E-state index in [9.17, 15) is 14.4 Å². The van der Waals surface area contributed by atoms with Gasteiger partial charge in [-0.3, -0.25) is 9.59 Å². The molecular formula is C19H28N2O6. The van der Waals surface area contributed by atoms with Gasteiger partial charge in [0.05, 0.1) is 13.2 Å². The summed E-state index contributed by atoms with van der Waals surface area (Å²) >= 11 is 0. The third kappa shape index (κ3) is 9.48. The fourth-order valence-electron chi connectivity index (χ4n) is 2.00. The van der Waals surface area contributed by atoms with Crippen LogP contribution in [0.1, 0.15) is 27.7 Å². The van der Waals surface area contributed by atoms with Crippen molar-refractivity contribution < 1.29 is 28.6 Å². The molecule has 0 aliphatic carbocycles. The van der Waals surface area contributed by atoms with Crippen LogP contribution in [0, 0.1) is 0 Å². The van der Waals surface area contributed by atoms with Gasteiger partial charge in [0.25, 0.3) is 5.91 Å². The summed E-state index contributed by atoms with van der Waals surface area (Å²) in [6, 6.07) is 6.80. The SMILES string of the molecule is CCOc1ccc(OCC(=O)OCC(=O)N(C)CC(=O)NC(C)(C)C)cc1. The maximum atomic E-state index is 11.9. The normalized spacial score (nSPS) is 10.7. The first-order chi connectivity index (χ1) is 12.6. The quantitative estimate of drug-likeness (QED) is 0.651. The standard InChI is InChI=1S/C19H28N2O6/c1-6-25-14-7-9-15(10-8-14)26-13-18(24)27-12-17(23)21(5)11-16(22)20-19(2,3)4/h7-10H,6,11-13H2,1-5H3,(H,20,22). The van der Waals surface area contributed by atoms with Crippen molar-refractivity contribution in [3.63, 3.8) is 0 Å². The Hall–Kier alpha value is -2.77. The summed E-state index contributed by atoms with van der Waals surface area (Å²) in [7, 11) is 1.47. The summed E-state index contributed by atoms with van der Waals surface area (Å²) in [5, 5.41) is 2.75. The van der Waals surface area contributed by atoms with Gasteiger partial charge in [0, 0.05) is 12.6 Å². The minimum atomic E-state index is -0.676. The zero-order valence-corrected chi connectivity index (χ0v) is 16.5. The fourth-order valence-corrected chi connectivity index (χ4v) is 2.00. The minimum absolute atomic E-state index is 0.115. The highest BCUT2D eigenvalue weighted by atomic mass is 16.6. The molecule has 0 spiro atoms. The van der Waals surface area contributed by atoms with Crippen molar-refractivity contribution in [1.82, 2.24) is 10.2 Å². The predicted octanol–water partition coefficient (Wildman–Crippen LogP) is 1.38. The fraction of sp³-hybridized carbons (Fsp3) is 0.526. The van der Waals surface area contributed by atoms with Crippen LogP contribution in [0.25, 0.3) is 0 Å². The van der Waals surface area contributed by atoms with Gasteiger partial charge < -0.3 is 24.4 Å². The lowest BCUT2D eigenvalue weighted by atomic mass is 10.1. The van der Waals surface area contributed by atoms with E-state index in [4.69, 9.17) is 14.2 Å². The molecule has 1 aromatic carbocycles. The molecule has 0 heterocycles. The summed E-state index contributed by atoms with van der Waals surface area (Å²) < 4.78 is 15.5. The van der Waals surface area contributed by atoms with E-state index in [2.05, 4.69) is 5.32 Å². The number of amides is 2. The monoisotopic (exact) mass is 380 g/mol. The molecule has 8 nitrogen and oxygen atoms in total. The third-order valence-electron chi connectivity index (χ3n) is 3.17. The van der Waals surface area contributed by atoms with Crippen LogP contribution in [-0.2, 0) is 19.1 Å². The molecule has 0 bridgehead atoms. The van der Waals surface area contributed by atoms with Gasteiger partial charge in [-0.05, 0) is 52.0 Å². The molecule has 0 atom stereocenters. The molecule has 1 rings (SSSR count). The van der Waals surface area contributed by atoms with Gasteiger partial charge in [-0.2, -0.15) is 0 Å². The number of ether oxygens (including phenoxy) is 3. The van der Waals surface area contributed by atoms with Crippen LogP contribution in [0.5, 0.6) is 11.5 Å². The molecule has 27 heavy (non-hydrogen) atoms. The zero-order chi connectivity index (χ0) is 20.4. The molecule has 0 saturated carbocycles. The van der Waals surface area contributed by atoms with E-state index in [1.165, 1.54) is 11.9 Å². The molecule has 0 fully saturated rings. The van der Waals surface area contributed by atoms with Crippen LogP contribution >= 0.6 is 0 Å². The summed E-state index contributed by atoms with van der Waals surface area (Å²) in [6.45, 7) is 7.09. The van der Waals surface area contributed by atoms with Gasteiger partial charge in [-0.1, -0.05) is 0 Å². The lowest BCUT2D eigenvalue weighted by molar-refractivity contribution is -0.153. The Morgan fingerprint density at radius 1 is 1.00 bits per heavy atom. The van der Waals surface area contributed by atoms with Crippen LogP contribution in [0.3, 0.4) is 0 Å². The van der Waals surface area contributed by atoms with E-state index in [0.717, 1.165) is 0 Å². The Morgan fingerprint density at radius 2 is 1.56 bits per heavy atom. The first kappa shape index (κ1) is 22.3. The predicted molar refractivity (Wildman–Crippen MR) is 99.6 cm³/mol. The molecule has 0 aliphatic heterocycles. The number of esters is 1. The Morgan fingerprint density at radius 3 is 2.07 bits per heavy atom. The van der Waals surface area contributed by atoms with Crippen molar-refractivity contribution in [2.45, 2.75) is 33.2 Å². The number of hydrogen-bond acceptors (Lipinski definition) is 6. The molecule has 8 heteroatoms. The highest BCUT2D eigenvalue weighted by Crippen LogP contribution is 2.17. The third-order valence-corrected chi connectivity index (χ3v) is 3.17. The Kier molecular flexibility index (Phi) is 8.58. The summed E-state index contributed by atoms with van der Waals surface area (Å²) in [5.74, 6) is -0.254. The maximum absolute atomic E-state index is 11.9. The molecular weight excluding hydrogens is 352 g/mol. The van der Waals surface area contributed by atoms with E-state index < -0.39 is 18.5 Å². The molecule has 2 amide bonds. The van der Waals surface area contributed by atoms with Gasteiger partial charge in [0.1, 0.15) is 11.5 Å². The van der Waals surface area contributed by atoms with E-state index in [1.54, 1.807) is 24.3 Å². The minimum Gasteiger partial charge on any atom is -0.494 e. The smallest absolute Gasteiger partial charge is 0.344 e. The van der Waals surface area contributed by atoms with Gasteiger partial charge >= 0.3 is 5.97 Å². The largest absolute Gasteiger partial charge is 0.494 e. The number of rotatable bonds is 9. The Bertz CT molecular complexity index is 637. The van der Waals surface area contributed by atoms with Crippen molar-refractivity contribution in [3.8, 4) is 11.5 Å². The van der Waals surface area contributed by atoms with Gasteiger partial charge in [-0.15, -0.1) is 0 Å². The molecule has 0 aromatic heterocycles. The second-order valence-electron chi connectivity index (χ2n) is 6.90. The Balaban J connectivity index is 2.32. The van der Waals surface area contributed by atoms with Crippen molar-refractivity contribution in [3.05, 3.63) is 24.3 Å². The molecule has 0 unspecified atom stereocenters. The first-order valence-corrected chi connectivity index (χ1v) is 8.67. The number of nitrogens with zero attached hydrogens (tertiary/aromatic N) is 1. The number of benzene rings is 1. The number of hydrogen-bond donors (Lipinski definition) is 1. The van der Waals surface area contributed by atoms with E-state index in [1.807, 2.05) is 27.7 Å². The number of nitrogens with one attached hydrogen (secondary N) is 1. The van der Waals surface area contributed by atoms with Crippen LogP contribution in [0.2, 0.25) is 0 Å². The highest BCUT2D eigenvalue weighted by Gasteiger charge is 2.18. The summed E-state index contributed by atoms with van der Waals surface area (Å²) in [4.78, 5) is 36.6. The van der Waals surface area contributed by atoms with E-state index >= 15 is 0 Å². The average Bonchev–Trinajstić information content (AvgIpc) is 2.57. The molecule has 0 saturated heterocycles. The van der Waals surface area contributed by atoms with E-state index in [0.29, 0.717) is 18.1 Å². The van der Waals surface area contributed by atoms with Gasteiger partial charge in [0.2, 0.25) is 5.91 Å². The van der Waals surface area contributed by atoms with Crippen molar-refractivity contribution in [2.75, 3.05) is 33.4 Å². The van der Waals surface area contributed by atoms with Crippen molar-refractivity contribution >= 4 is 17.8 Å². The topological polar surface area (TPSA) is 94.2 Å². The number of carbonyl (C=O) groups is 3. The Labute approximate surface area is 159 Å². The van der Waals surface area contributed by atoms with Crippen LogP contribution < -0.4 is 14.8 Å². The first-order valence-electron chi connectivity index (χ1n) is 8.67. The van der Waals surface area contributed by atoms with Crippen molar-refractivity contribution in [2.24, 2.45) is 0 Å². The summed E-state index contributed by atoms with van der Waals surface area (Å²) in [6.07, 6.45) is 0. The second-order valence-corrected chi connectivity index (χ2v) is 6.90. The molecule has 0 aliphatic rings. The highest BCUT2D eigenvalue weighted by molar-refractivity contribution is 5.86. The van der Waals surface area contributed by atoms with Crippen LogP contribution in [-0.4, -0.2) is 61.6 Å². The lowest BCUT2D eigenvalue weighted by Gasteiger charge is -2.23. The maximum Gasteiger partial charge on any atom is 0.344 e. The average molecular weight is 380 g/mol. The number of likely N-dealkylation sites (N-methyl/N-ethyl adjacent to an activating group) is 1. The van der Waals surface area contributed by atoms with E-state index in [-0.39, 0.29) is 24.6 Å². The van der Waals surface area contributed by atoms with Gasteiger partial charge in [-0.25, -0.2) is 4.79 Å². The zero-order valence-electron chi connectivity index (χ0n) is 16.5. The van der Waals surface area contributed by atoms with Gasteiger partial charge in [0.15, 0.2) is 13.2 Å². The number of carbonyl (C=O) groups excluding carboxylic acids is 3. The second kappa shape index (κ2) is 10.4. The molecule has 0 radical (unpaired) electrons. The molecule has 1 aromatic rings. The molecule has 1 N–H and O–H groups in total. The lowest BCUT2D eigenvalue weighted by Crippen LogP contribution is -2.47. The summed E-state index contributed by atoms with van der Waals surface area (Å²) in [5.41, 5.74) is -0.383. The van der Waals surface area contributed by atoms with Crippen LogP contribution in [0.15, 0.2) is 24.3 Å². The molecule has 150 valence electrons. The van der Waals surface area contributed by atoms with Crippen LogP contribution in [0.4, 0.5) is 0 Å². The van der Waals surface area contributed by atoms with Crippen molar-refractivity contribution in [1.29, 1.82) is 0 Å².